The Labute approximate surface area is 134 Å². The minimum atomic E-state index is -0.833. The van der Waals surface area contributed by atoms with Crippen LogP contribution < -0.4 is 5.56 Å². The summed E-state index contributed by atoms with van der Waals surface area (Å²) in [5, 5.41) is 19.2. The number of carbonyl (C=O) groups is 1. The number of carbonyl (C=O) groups excluding carboxylic acids is 1. The lowest BCUT2D eigenvalue weighted by atomic mass is 9.89. The summed E-state index contributed by atoms with van der Waals surface area (Å²) in [5.74, 6) is -1.38. The number of hydrogen-bond acceptors (Lipinski definition) is 7. The van der Waals surface area contributed by atoms with Crippen LogP contribution in [-0.4, -0.2) is 63.9 Å². The van der Waals surface area contributed by atoms with Gasteiger partial charge in [-0.3, -0.25) is 4.79 Å². The van der Waals surface area contributed by atoms with Crippen molar-refractivity contribution < 1.29 is 19.7 Å². The maximum Gasteiger partial charge on any atom is 0.361 e. The van der Waals surface area contributed by atoms with Gasteiger partial charge in [0.05, 0.1) is 6.61 Å². The maximum absolute atomic E-state index is 11.9. The van der Waals surface area contributed by atoms with E-state index in [0.29, 0.717) is 25.3 Å². The van der Waals surface area contributed by atoms with Crippen molar-refractivity contribution in [3.63, 3.8) is 0 Å². The van der Waals surface area contributed by atoms with Crippen molar-refractivity contribution in [3.05, 3.63) is 28.8 Å². The molecule has 1 aliphatic rings. The number of piperidine rings is 1. The van der Waals surface area contributed by atoms with Crippen LogP contribution in [0.25, 0.3) is 0 Å². The second kappa shape index (κ2) is 7.56. The van der Waals surface area contributed by atoms with Crippen LogP contribution in [0, 0.1) is 12.8 Å². The number of esters is 1. The molecule has 1 aromatic heterocycles. The maximum atomic E-state index is 11.9. The van der Waals surface area contributed by atoms with Gasteiger partial charge in [-0.25, -0.2) is 9.78 Å². The van der Waals surface area contributed by atoms with Gasteiger partial charge in [0.25, 0.3) is 5.56 Å². The fourth-order valence-electron chi connectivity index (χ4n) is 2.84. The van der Waals surface area contributed by atoms with E-state index in [4.69, 9.17) is 4.74 Å². The highest BCUT2D eigenvalue weighted by atomic mass is 16.5. The van der Waals surface area contributed by atoms with Crippen molar-refractivity contribution in [3.8, 4) is 5.75 Å². The minimum Gasteiger partial charge on any atom is -0.501 e. The molecule has 2 rings (SSSR count). The highest BCUT2D eigenvalue weighted by Crippen LogP contribution is 2.28. The third-order valence-electron chi connectivity index (χ3n) is 3.96. The van der Waals surface area contributed by atoms with Gasteiger partial charge in [-0.05, 0) is 32.7 Å². The molecule has 1 aliphatic heterocycles. The molecule has 8 nitrogen and oxygen atoms in total. The molecular formula is C15H22N3O5. The zero-order chi connectivity index (χ0) is 17.0. The lowest BCUT2D eigenvalue weighted by Gasteiger charge is -2.36. The average molecular weight is 324 g/mol. The van der Waals surface area contributed by atoms with Gasteiger partial charge < -0.3 is 24.8 Å². The van der Waals surface area contributed by atoms with Crippen LogP contribution in [0.3, 0.4) is 0 Å². The van der Waals surface area contributed by atoms with E-state index in [2.05, 4.69) is 16.9 Å². The smallest absolute Gasteiger partial charge is 0.361 e. The van der Waals surface area contributed by atoms with E-state index in [9.17, 15) is 19.8 Å². The molecule has 3 N–H and O–H groups in total. The zero-order valence-electron chi connectivity index (χ0n) is 13.1. The summed E-state index contributed by atoms with van der Waals surface area (Å²) in [4.78, 5) is 32.4. The van der Waals surface area contributed by atoms with Gasteiger partial charge in [-0.2, -0.15) is 0 Å². The van der Waals surface area contributed by atoms with Gasteiger partial charge in [-0.15, -0.1) is 0 Å². The molecular weight excluding hydrogens is 302 g/mol. The molecule has 8 heteroatoms. The van der Waals surface area contributed by atoms with Gasteiger partial charge in [-0.1, -0.05) is 0 Å². The number of hydrogen-bond donors (Lipinski definition) is 3. The normalized spacial score (nSPS) is 22.0. The van der Waals surface area contributed by atoms with Crippen LogP contribution in [0.2, 0.25) is 0 Å². The first-order chi connectivity index (χ1) is 11.0. The van der Waals surface area contributed by atoms with E-state index in [1.807, 2.05) is 4.90 Å². The second-order valence-corrected chi connectivity index (χ2v) is 5.61. The number of aliphatic hydroxyl groups is 1. The van der Waals surface area contributed by atoms with Crippen molar-refractivity contribution in [2.75, 3.05) is 32.8 Å². The molecule has 0 amide bonds. The van der Waals surface area contributed by atoms with Crippen molar-refractivity contribution in [1.29, 1.82) is 0 Å². The third-order valence-corrected chi connectivity index (χ3v) is 3.96. The molecule has 2 heterocycles. The number of ether oxygens (including phenoxy) is 1. The van der Waals surface area contributed by atoms with Crippen molar-refractivity contribution in [2.24, 2.45) is 5.92 Å². The first-order valence-electron chi connectivity index (χ1n) is 7.62. The summed E-state index contributed by atoms with van der Waals surface area (Å²) >= 11 is 0. The number of nitrogens with zero attached hydrogens (tertiary/aromatic N) is 2. The fraction of sp³-hybridized carbons (Fsp3) is 0.600. The molecule has 1 saturated heterocycles. The standard InChI is InChI=1S/C15H22N3O5/c1-3-18-6-9(8-19)5-10(7-18)13-16-11(15(22)23-4-2)12(20)14(21)17-13/h9-10,19-20H,1,3-8H2,2H3,(H,16,17,21). The molecule has 2 unspecified atom stereocenters. The monoisotopic (exact) mass is 324 g/mol. The Morgan fingerprint density at radius 1 is 1.52 bits per heavy atom. The number of aliphatic hydroxyl groups excluding tert-OH is 1. The minimum absolute atomic E-state index is 0.0278. The van der Waals surface area contributed by atoms with Gasteiger partial charge in [0.1, 0.15) is 5.82 Å². The van der Waals surface area contributed by atoms with E-state index in [-0.39, 0.29) is 30.7 Å². The Hall–Kier alpha value is -1.93. The highest BCUT2D eigenvalue weighted by molar-refractivity contribution is 5.89. The Kier molecular flexibility index (Phi) is 5.73. The van der Waals surface area contributed by atoms with Gasteiger partial charge >= 0.3 is 5.97 Å². The number of aromatic amines is 1. The van der Waals surface area contributed by atoms with E-state index in [1.54, 1.807) is 6.92 Å². The predicted octanol–water partition coefficient (Wildman–Crippen LogP) is -0.116. The first kappa shape index (κ1) is 17.4. The number of likely N-dealkylation sites (tertiary alicyclic amines) is 1. The van der Waals surface area contributed by atoms with E-state index in [1.165, 1.54) is 0 Å². The molecule has 1 fully saturated rings. The summed E-state index contributed by atoms with van der Waals surface area (Å²) < 4.78 is 4.82. The second-order valence-electron chi connectivity index (χ2n) is 5.61. The quantitative estimate of drug-likeness (QED) is 0.647. The first-order valence-corrected chi connectivity index (χ1v) is 7.62. The molecule has 2 atom stereocenters. The molecule has 0 aromatic carbocycles. The van der Waals surface area contributed by atoms with Gasteiger partial charge in [0.2, 0.25) is 5.75 Å². The molecule has 0 saturated carbocycles. The Balaban J connectivity index is 2.35. The van der Waals surface area contributed by atoms with Crippen LogP contribution in [0.1, 0.15) is 35.6 Å². The van der Waals surface area contributed by atoms with Crippen molar-refractivity contribution >= 4 is 5.97 Å². The third kappa shape index (κ3) is 3.89. The topological polar surface area (TPSA) is 116 Å². The molecule has 1 radical (unpaired) electrons. The molecule has 127 valence electrons. The summed E-state index contributed by atoms with van der Waals surface area (Å²) in [6.45, 7) is 7.52. The summed E-state index contributed by atoms with van der Waals surface area (Å²) in [7, 11) is 0. The van der Waals surface area contributed by atoms with Crippen LogP contribution in [0.5, 0.6) is 5.75 Å². The zero-order valence-corrected chi connectivity index (χ0v) is 13.1. The van der Waals surface area contributed by atoms with Crippen LogP contribution >= 0.6 is 0 Å². The lowest BCUT2D eigenvalue weighted by molar-refractivity contribution is 0.0513. The fourth-order valence-corrected chi connectivity index (χ4v) is 2.84. The van der Waals surface area contributed by atoms with Gasteiger partial charge in [0, 0.05) is 25.6 Å². The lowest BCUT2D eigenvalue weighted by Crippen LogP contribution is -2.41. The number of nitrogens with one attached hydrogen (secondary N) is 1. The van der Waals surface area contributed by atoms with Crippen LogP contribution in [-0.2, 0) is 4.74 Å². The van der Waals surface area contributed by atoms with Crippen molar-refractivity contribution in [2.45, 2.75) is 19.3 Å². The number of aromatic nitrogens is 2. The summed E-state index contributed by atoms with van der Waals surface area (Å²) in [6, 6.07) is 0. The van der Waals surface area contributed by atoms with E-state index in [0.717, 1.165) is 6.54 Å². The number of rotatable bonds is 5. The molecule has 0 bridgehead atoms. The van der Waals surface area contributed by atoms with Crippen molar-refractivity contribution in [1.82, 2.24) is 14.9 Å². The Bertz CT molecular complexity index is 604. The SMILES string of the molecule is [CH2]CN1CC(CO)CC(c2nc(C(=O)OCC)c(O)c(=O)[nH]2)C1. The van der Waals surface area contributed by atoms with E-state index < -0.39 is 17.3 Å². The molecule has 0 spiro atoms. The molecule has 1 aromatic rings. The Morgan fingerprint density at radius 2 is 2.26 bits per heavy atom. The summed E-state index contributed by atoms with van der Waals surface area (Å²) in [5.41, 5.74) is -1.15. The number of aromatic hydroxyl groups is 1. The van der Waals surface area contributed by atoms with Crippen LogP contribution in [0.4, 0.5) is 0 Å². The van der Waals surface area contributed by atoms with Gasteiger partial charge in [0.15, 0.2) is 5.69 Å². The predicted molar refractivity (Wildman–Crippen MR) is 82.2 cm³/mol. The molecule has 0 aliphatic carbocycles. The number of H-pyrrole nitrogens is 1. The average Bonchev–Trinajstić information content (AvgIpc) is 2.56. The summed E-state index contributed by atoms with van der Waals surface area (Å²) in [6.07, 6.45) is 0.628. The molecule has 23 heavy (non-hydrogen) atoms. The highest BCUT2D eigenvalue weighted by Gasteiger charge is 2.30. The van der Waals surface area contributed by atoms with Crippen LogP contribution in [0.15, 0.2) is 4.79 Å². The van der Waals surface area contributed by atoms with E-state index >= 15 is 0 Å². The largest absolute Gasteiger partial charge is 0.501 e. The Morgan fingerprint density at radius 3 is 2.87 bits per heavy atom.